The molecule has 0 saturated carbocycles. The van der Waals surface area contributed by atoms with Crippen LogP contribution in [0.2, 0.25) is 0 Å². The van der Waals surface area contributed by atoms with Crippen LogP contribution in [0.1, 0.15) is 13.3 Å². The van der Waals surface area contributed by atoms with Gasteiger partial charge >= 0.3 is 0 Å². The van der Waals surface area contributed by atoms with Crippen LogP contribution in [0.3, 0.4) is 0 Å². The molecule has 2 heteroatoms. The number of allylic oxidation sites excluding steroid dienone is 4. The second kappa shape index (κ2) is 3.46. The maximum atomic E-state index is 5.99. The molecule has 0 fully saturated rings. The quantitative estimate of drug-likeness (QED) is 0.637. The monoisotopic (exact) mass is 191 g/mol. The zero-order valence-electron chi connectivity index (χ0n) is 7.71. The summed E-state index contributed by atoms with van der Waals surface area (Å²) < 4.78 is 0. The van der Waals surface area contributed by atoms with Crippen molar-refractivity contribution >= 4 is 11.8 Å². The van der Waals surface area contributed by atoms with E-state index in [4.69, 9.17) is 5.73 Å². The van der Waals surface area contributed by atoms with E-state index in [0.29, 0.717) is 0 Å². The third-order valence-corrected chi connectivity index (χ3v) is 3.29. The second-order valence-corrected chi connectivity index (χ2v) is 4.17. The van der Waals surface area contributed by atoms with Crippen LogP contribution >= 0.6 is 11.8 Å². The topological polar surface area (TPSA) is 26.0 Å². The molecular weight excluding hydrogens is 178 g/mol. The Balaban J connectivity index is 2.51. The van der Waals surface area contributed by atoms with Crippen molar-refractivity contribution in [2.45, 2.75) is 13.3 Å². The number of hydrogen-bond acceptors (Lipinski definition) is 2. The summed E-state index contributed by atoms with van der Waals surface area (Å²) in [7, 11) is 0. The summed E-state index contributed by atoms with van der Waals surface area (Å²) in [5.74, 6) is 1.05. The fourth-order valence-electron chi connectivity index (χ4n) is 1.69. The first-order valence-electron chi connectivity index (χ1n) is 4.43. The summed E-state index contributed by atoms with van der Waals surface area (Å²) >= 11 is 1.85. The minimum Gasteiger partial charge on any atom is -0.398 e. The van der Waals surface area contributed by atoms with Gasteiger partial charge in [0.15, 0.2) is 0 Å². The Labute approximate surface area is 83.1 Å². The highest BCUT2D eigenvalue weighted by Gasteiger charge is 2.14. The van der Waals surface area contributed by atoms with Gasteiger partial charge in [-0.1, -0.05) is 18.2 Å². The zero-order chi connectivity index (χ0) is 9.26. The van der Waals surface area contributed by atoms with Gasteiger partial charge in [0.25, 0.3) is 0 Å². The summed E-state index contributed by atoms with van der Waals surface area (Å²) in [5.41, 5.74) is 10.9. The lowest BCUT2D eigenvalue weighted by atomic mass is 10.0. The van der Waals surface area contributed by atoms with E-state index in [2.05, 4.69) is 30.6 Å². The first kappa shape index (κ1) is 8.70. The van der Waals surface area contributed by atoms with Crippen molar-refractivity contribution in [2.24, 2.45) is 5.73 Å². The second-order valence-electron chi connectivity index (χ2n) is 3.31. The maximum Gasteiger partial charge on any atom is 0.0356 e. The van der Waals surface area contributed by atoms with E-state index < -0.39 is 0 Å². The van der Waals surface area contributed by atoms with Crippen molar-refractivity contribution in [3.8, 4) is 0 Å². The maximum absolute atomic E-state index is 5.99. The summed E-state index contributed by atoms with van der Waals surface area (Å²) in [4.78, 5) is 0. The molecule has 0 amide bonds. The normalized spacial score (nSPS) is 21.9. The molecule has 13 heavy (non-hydrogen) atoms. The molecule has 0 bridgehead atoms. The highest BCUT2D eigenvalue weighted by molar-refractivity contribution is 8.02. The van der Waals surface area contributed by atoms with Gasteiger partial charge in [-0.25, -0.2) is 0 Å². The van der Waals surface area contributed by atoms with Crippen molar-refractivity contribution < 1.29 is 0 Å². The molecule has 0 radical (unpaired) electrons. The van der Waals surface area contributed by atoms with Gasteiger partial charge in [0.1, 0.15) is 0 Å². The van der Waals surface area contributed by atoms with Crippen LogP contribution in [0.15, 0.2) is 46.1 Å². The molecular formula is C11H13NS. The fourth-order valence-corrected chi connectivity index (χ4v) is 2.56. The number of hydrogen-bond donors (Lipinski definition) is 1. The first-order chi connectivity index (χ1) is 6.29. The van der Waals surface area contributed by atoms with Crippen molar-refractivity contribution in [1.29, 1.82) is 0 Å². The van der Waals surface area contributed by atoms with Crippen LogP contribution in [0.25, 0.3) is 0 Å². The fraction of sp³-hybridized carbons (Fsp3) is 0.273. The van der Waals surface area contributed by atoms with Crippen LogP contribution in [0, 0.1) is 0 Å². The number of nitrogens with two attached hydrogens (primary N) is 1. The van der Waals surface area contributed by atoms with Gasteiger partial charge in [0.05, 0.1) is 0 Å². The van der Waals surface area contributed by atoms with E-state index in [-0.39, 0.29) is 0 Å². The van der Waals surface area contributed by atoms with Gasteiger partial charge < -0.3 is 5.73 Å². The summed E-state index contributed by atoms with van der Waals surface area (Å²) in [5, 5.41) is 2.19. The van der Waals surface area contributed by atoms with E-state index in [1.54, 1.807) is 0 Å². The Hall–Kier alpha value is -0.890. The van der Waals surface area contributed by atoms with Gasteiger partial charge in [0.2, 0.25) is 0 Å². The highest BCUT2D eigenvalue weighted by atomic mass is 32.2. The molecule has 1 nitrogen and oxygen atoms in total. The van der Waals surface area contributed by atoms with Gasteiger partial charge in [-0.05, 0) is 29.9 Å². The predicted molar refractivity (Wildman–Crippen MR) is 59.3 cm³/mol. The molecule has 0 atom stereocenters. The van der Waals surface area contributed by atoms with E-state index in [1.807, 2.05) is 11.8 Å². The first-order valence-corrected chi connectivity index (χ1v) is 5.48. The van der Waals surface area contributed by atoms with Gasteiger partial charge in [0, 0.05) is 17.0 Å². The Morgan fingerprint density at radius 1 is 1.46 bits per heavy atom. The Morgan fingerprint density at radius 3 is 3.15 bits per heavy atom. The third kappa shape index (κ3) is 1.59. The Morgan fingerprint density at radius 2 is 2.31 bits per heavy atom. The Bertz CT molecular complexity index is 345. The molecule has 0 saturated heterocycles. The largest absolute Gasteiger partial charge is 0.398 e. The van der Waals surface area contributed by atoms with Gasteiger partial charge in [-0.15, -0.1) is 11.8 Å². The van der Waals surface area contributed by atoms with Crippen molar-refractivity contribution in [2.75, 3.05) is 5.75 Å². The minimum atomic E-state index is 0.939. The third-order valence-electron chi connectivity index (χ3n) is 2.30. The Kier molecular flexibility index (Phi) is 2.32. The molecule has 2 rings (SSSR count). The smallest absolute Gasteiger partial charge is 0.0356 e. The lowest BCUT2D eigenvalue weighted by Gasteiger charge is -2.16. The zero-order valence-corrected chi connectivity index (χ0v) is 8.53. The molecule has 0 aromatic rings. The van der Waals surface area contributed by atoms with Crippen LogP contribution in [0.4, 0.5) is 0 Å². The molecule has 0 aromatic heterocycles. The van der Waals surface area contributed by atoms with Gasteiger partial charge in [-0.3, -0.25) is 0 Å². The van der Waals surface area contributed by atoms with Crippen molar-refractivity contribution in [1.82, 2.24) is 0 Å². The molecule has 0 aromatic carbocycles. The lowest BCUT2D eigenvalue weighted by Crippen LogP contribution is -2.07. The molecule has 0 spiro atoms. The molecule has 2 N–H and O–H groups in total. The molecule has 0 unspecified atom stereocenters. The summed E-state index contributed by atoms with van der Waals surface area (Å²) in [6, 6.07) is 0. The van der Waals surface area contributed by atoms with Crippen LogP contribution in [-0.4, -0.2) is 5.75 Å². The molecule has 68 valence electrons. The molecule has 1 aliphatic heterocycles. The summed E-state index contributed by atoms with van der Waals surface area (Å²) in [6.45, 7) is 2.13. The average Bonchev–Trinajstić information content (AvgIpc) is 2.29. The summed E-state index contributed by atoms with van der Waals surface area (Å²) in [6.07, 6.45) is 7.42. The van der Waals surface area contributed by atoms with Crippen LogP contribution < -0.4 is 5.73 Å². The van der Waals surface area contributed by atoms with E-state index in [0.717, 1.165) is 17.9 Å². The highest BCUT2D eigenvalue weighted by Crippen LogP contribution is 2.32. The standard InChI is InChI=1S/C11H13NS/c1-8-6-13-7-9-4-2-3-5-10(12)11(8)9/h2,4-6H,3,7,12H2,1H3. The molecule has 1 heterocycles. The number of thioether (sulfide) groups is 1. The SMILES string of the molecule is CC1=CSCC2=C1C(N)=CCC=C2. The van der Waals surface area contributed by atoms with E-state index in [1.165, 1.54) is 16.7 Å². The van der Waals surface area contributed by atoms with E-state index >= 15 is 0 Å². The number of rotatable bonds is 0. The van der Waals surface area contributed by atoms with Crippen molar-refractivity contribution in [3.63, 3.8) is 0 Å². The lowest BCUT2D eigenvalue weighted by molar-refractivity contribution is 1.22. The van der Waals surface area contributed by atoms with Crippen LogP contribution in [-0.2, 0) is 0 Å². The van der Waals surface area contributed by atoms with Crippen LogP contribution in [0.5, 0.6) is 0 Å². The van der Waals surface area contributed by atoms with Crippen molar-refractivity contribution in [3.05, 3.63) is 46.1 Å². The van der Waals surface area contributed by atoms with E-state index in [9.17, 15) is 0 Å². The predicted octanol–water partition coefficient (Wildman–Crippen LogP) is 2.74. The molecule has 1 aliphatic carbocycles. The molecule has 2 aliphatic rings. The van der Waals surface area contributed by atoms with Gasteiger partial charge in [-0.2, -0.15) is 0 Å². The minimum absolute atomic E-state index is 0.939. The average molecular weight is 191 g/mol.